The van der Waals surface area contributed by atoms with E-state index in [9.17, 15) is 4.79 Å². The Bertz CT molecular complexity index is 253. The lowest BCUT2D eigenvalue weighted by molar-refractivity contribution is -0.141. The molecule has 1 aliphatic carbocycles. The maximum atomic E-state index is 12.3. The van der Waals surface area contributed by atoms with Crippen molar-refractivity contribution in [2.75, 3.05) is 19.8 Å². The Kier molecular flexibility index (Phi) is 3.82. The molecule has 0 aromatic rings. The van der Waals surface area contributed by atoms with Crippen LogP contribution in [0.15, 0.2) is 0 Å². The molecule has 1 amide bonds. The van der Waals surface area contributed by atoms with E-state index in [-0.39, 0.29) is 24.5 Å². The van der Waals surface area contributed by atoms with Gasteiger partial charge in [-0.25, -0.2) is 0 Å². The Morgan fingerprint density at radius 2 is 2.19 bits per heavy atom. The van der Waals surface area contributed by atoms with Crippen LogP contribution in [0, 0.1) is 5.92 Å². The predicted octanol–water partition coefficient (Wildman–Crippen LogP) is 0.785. The number of nitrogens with zero attached hydrogens (tertiary/aromatic N) is 1. The topological polar surface area (TPSA) is 49.8 Å². The highest BCUT2D eigenvalue weighted by atomic mass is 16.5. The maximum absolute atomic E-state index is 12.3. The molecule has 2 aliphatic rings. The van der Waals surface area contributed by atoms with Crippen molar-refractivity contribution in [3.63, 3.8) is 0 Å². The summed E-state index contributed by atoms with van der Waals surface area (Å²) in [6.07, 6.45) is 4.25. The van der Waals surface area contributed by atoms with E-state index in [0.717, 1.165) is 19.3 Å². The van der Waals surface area contributed by atoms with Crippen LogP contribution in [-0.4, -0.2) is 47.8 Å². The van der Waals surface area contributed by atoms with E-state index in [1.165, 1.54) is 6.42 Å². The lowest BCUT2D eigenvalue weighted by Gasteiger charge is -2.39. The largest absolute Gasteiger partial charge is 0.395 e. The molecule has 1 saturated carbocycles. The molecule has 4 heteroatoms. The number of hydrogen-bond acceptors (Lipinski definition) is 3. The van der Waals surface area contributed by atoms with Crippen LogP contribution in [0.25, 0.3) is 0 Å². The zero-order chi connectivity index (χ0) is 11.5. The SMILES string of the molecule is CC1OCCC1C(=O)N(CCO)C1CCC1. The van der Waals surface area contributed by atoms with E-state index in [1.54, 1.807) is 0 Å². The van der Waals surface area contributed by atoms with Gasteiger partial charge in [0.1, 0.15) is 0 Å². The van der Waals surface area contributed by atoms with Crippen LogP contribution in [0.4, 0.5) is 0 Å². The van der Waals surface area contributed by atoms with E-state index in [2.05, 4.69) is 0 Å². The van der Waals surface area contributed by atoms with E-state index >= 15 is 0 Å². The molecule has 2 atom stereocenters. The number of carbonyl (C=O) groups excluding carboxylic acids is 1. The molecule has 2 unspecified atom stereocenters. The fourth-order valence-corrected chi connectivity index (χ4v) is 2.55. The Morgan fingerprint density at radius 3 is 2.62 bits per heavy atom. The van der Waals surface area contributed by atoms with Gasteiger partial charge in [-0.2, -0.15) is 0 Å². The van der Waals surface area contributed by atoms with E-state index < -0.39 is 0 Å². The normalized spacial score (nSPS) is 30.1. The Labute approximate surface area is 96.6 Å². The van der Waals surface area contributed by atoms with Crippen LogP contribution in [0.3, 0.4) is 0 Å². The molecule has 0 spiro atoms. The first-order valence-corrected chi connectivity index (χ1v) is 6.27. The number of ether oxygens (including phenoxy) is 1. The number of amides is 1. The first-order chi connectivity index (χ1) is 7.74. The van der Waals surface area contributed by atoms with Gasteiger partial charge >= 0.3 is 0 Å². The average Bonchev–Trinajstić information content (AvgIpc) is 2.60. The van der Waals surface area contributed by atoms with E-state index in [4.69, 9.17) is 9.84 Å². The zero-order valence-electron chi connectivity index (χ0n) is 9.89. The van der Waals surface area contributed by atoms with Gasteiger partial charge in [-0.15, -0.1) is 0 Å². The zero-order valence-corrected chi connectivity index (χ0v) is 9.89. The fraction of sp³-hybridized carbons (Fsp3) is 0.917. The first kappa shape index (κ1) is 11.9. The summed E-state index contributed by atoms with van der Waals surface area (Å²) in [4.78, 5) is 14.2. The molecule has 16 heavy (non-hydrogen) atoms. The van der Waals surface area contributed by atoms with Crippen molar-refractivity contribution in [2.45, 2.75) is 44.8 Å². The first-order valence-electron chi connectivity index (χ1n) is 6.27. The molecule has 2 fully saturated rings. The van der Waals surface area contributed by atoms with E-state index in [1.807, 2.05) is 11.8 Å². The van der Waals surface area contributed by atoms with Crippen molar-refractivity contribution in [3.8, 4) is 0 Å². The molecule has 1 heterocycles. The smallest absolute Gasteiger partial charge is 0.228 e. The molecule has 1 N–H and O–H groups in total. The van der Waals surface area contributed by atoms with Crippen LogP contribution < -0.4 is 0 Å². The summed E-state index contributed by atoms with van der Waals surface area (Å²) in [7, 11) is 0. The van der Waals surface area contributed by atoms with Gasteiger partial charge in [0.15, 0.2) is 0 Å². The molecular formula is C12H21NO3. The second-order valence-electron chi connectivity index (χ2n) is 4.81. The summed E-state index contributed by atoms with van der Waals surface area (Å²) in [6, 6.07) is 0.368. The molecule has 0 aromatic heterocycles. The number of carbonyl (C=O) groups is 1. The second-order valence-corrected chi connectivity index (χ2v) is 4.81. The minimum absolute atomic E-state index is 0.00662. The van der Waals surface area contributed by atoms with Gasteiger partial charge in [0, 0.05) is 19.2 Å². The van der Waals surface area contributed by atoms with Crippen molar-refractivity contribution >= 4 is 5.91 Å². The fourth-order valence-electron chi connectivity index (χ4n) is 2.55. The highest BCUT2D eigenvalue weighted by Crippen LogP contribution is 2.29. The summed E-state index contributed by atoms with van der Waals surface area (Å²) >= 11 is 0. The molecule has 0 bridgehead atoms. The summed E-state index contributed by atoms with van der Waals surface area (Å²) in [5, 5.41) is 9.04. The van der Waals surface area contributed by atoms with Crippen LogP contribution >= 0.6 is 0 Å². The summed E-state index contributed by atoms with van der Waals surface area (Å²) in [6.45, 7) is 3.19. The quantitative estimate of drug-likeness (QED) is 0.772. The van der Waals surface area contributed by atoms with Crippen LogP contribution in [0.5, 0.6) is 0 Å². The van der Waals surface area contributed by atoms with Crippen molar-refractivity contribution in [2.24, 2.45) is 5.92 Å². The van der Waals surface area contributed by atoms with Crippen LogP contribution in [0.2, 0.25) is 0 Å². The summed E-state index contributed by atoms with van der Waals surface area (Å²) in [5.41, 5.74) is 0. The second kappa shape index (κ2) is 5.15. The minimum Gasteiger partial charge on any atom is -0.395 e. The standard InChI is InChI=1S/C12H21NO3/c1-9-11(5-8-16-9)12(15)13(6-7-14)10-3-2-4-10/h9-11,14H,2-8H2,1H3. The lowest BCUT2D eigenvalue weighted by Crippen LogP contribution is -2.49. The van der Waals surface area contributed by atoms with Crippen molar-refractivity contribution in [1.29, 1.82) is 0 Å². The highest BCUT2D eigenvalue weighted by Gasteiger charge is 2.37. The van der Waals surface area contributed by atoms with Gasteiger partial charge in [0.2, 0.25) is 5.91 Å². The summed E-state index contributed by atoms with van der Waals surface area (Å²) < 4.78 is 5.44. The van der Waals surface area contributed by atoms with Gasteiger partial charge in [0.05, 0.1) is 18.6 Å². The number of rotatable bonds is 4. The monoisotopic (exact) mass is 227 g/mol. The molecule has 2 rings (SSSR count). The third-order valence-electron chi connectivity index (χ3n) is 3.83. The molecule has 1 aliphatic heterocycles. The van der Waals surface area contributed by atoms with Crippen LogP contribution in [0.1, 0.15) is 32.6 Å². The van der Waals surface area contributed by atoms with E-state index in [0.29, 0.717) is 19.2 Å². The lowest BCUT2D eigenvalue weighted by atomic mass is 9.89. The predicted molar refractivity (Wildman–Crippen MR) is 60.0 cm³/mol. The summed E-state index contributed by atoms with van der Waals surface area (Å²) in [5.74, 6) is 0.191. The van der Waals surface area contributed by atoms with Crippen molar-refractivity contribution < 1.29 is 14.6 Å². The third-order valence-corrected chi connectivity index (χ3v) is 3.83. The van der Waals surface area contributed by atoms with Crippen molar-refractivity contribution in [1.82, 2.24) is 4.90 Å². The number of hydrogen-bond donors (Lipinski definition) is 1. The molecule has 0 radical (unpaired) electrons. The molecule has 4 nitrogen and oxygen atoms in total. The Balaban J connectivity index is 1.98. The molecule has 1 saturated heterocycles. The molecule has 0 aromatic carbocycles. The Morgan fingerprint density at radius 1 is 1.44 bits per heavy atom. The van der Waals surface area contributed by atoms with Crippen molar-refractivity contribution in [3.05, 3.63) is 0 Å². The van der Waals surface area contributed by atoms with Gasteiger partial charge in [-0.1, -0.05) is 0 Å². The van der Waals surface area contributed by atoms with Gasteiger partial charge in [-0.3, -0.25) is 4.79 Å². The highest BCUT2D eigenvalue weighted by molar-refractivity contribution is 5.80. The Hall–Kier alpha value is -0.610. The third kappa shape index (κ3) is 2.23. The van der Waals surface area contributed by atoms with Gasteiger partial charge in [-0.05, 0) is 32.6 Å². The molecule has 92 valence electrons. The minimum atomic E-state index is 0.00662. The van der Waals surface area contributed by atoms with Gasteiger partial charge < -0.3 is 14.7 Å². The number of aliphatic hydroxyl groups is 1. The maximum Gasteiger partial charge on any atom is 0.228 e. The van der Waals surface area contributed by atoms with Gasteiger partial charge in [0.25, 0.3) is 0 Å². The average molecular weight is 227 g/mol. The van der Waals surface area contributed by atoms with Crippen LogP contribution in [-0.2, 0) is 9.53 Å². The number of aliphatic hydroxyl groups excluding tert-OH is 1. The molecular weight excluding hydrogens is 206 g/mol.